The van der Waals surface area contributed by atoms with Crippen molar-refractivity contribution < 1.29 is 8.42 Å². The van der Waals surface area contributed by atoms with Crippen LogP contribution in [0.5, 0.6) is 0 Å². The summed E-state index contributed by atoms with van der Waals surface area (Å²) in [6.45, 7) is 1.79. The number of aryl methyl sites for hydroxylation is 2. The van der Waals surface area contributed by atoms with E-state index in [0.29, 0.717) is 23.6 Å². The van der Waals surface area contributed by atoms with E-state index in [2.05, 4.69) is 11.2 Å². The first kappa shape index (κ1) is 13.4. The lowest BCUT2D eigenvalue weighted by atomic mass is 9.84. The first-order valence-electron chi connectivity index (χ1n) is 5.58. The fraction of sp³-hybridized carbons (Fsp3) is 0.636. The summed E-state index contributed by atoms with van der Waals surface area (Å²) < 4.78 is 24.8. The largest absolute Gasteiger partial charge is 0.271 e. The molecule has 0 amide bonds. The molecule has 0 bridgehead atoms. The van der Waals surface area contributed by atoms with Gasteiger partial charge < -0.3 is 0 Å². The molecule has 98 valence electrons. The third-order valence-electron chi connectivity index (χ3n) is 3.39. The smallest absolute Gasteiger partial charge is 0.151 e. The zero-order chi connectivity index (χ0) is 13.6. The molecular weight excluding hydrogens is 274 g/mol. The molecule has 2 rings (SSSR count). The van der Waals surface area contributed by atoms with Gasteiger partial charge in [0.1, 0.15) is 0 Å². The quantitative estimate of drug-likeness (QED) is 0.820. The second-order valence-corrected chi connectivity index (χ2v) is 7.44. The standard InChI is InChI=1S/C11H14ClN3O2S/c1-8-10(12)9(15(2)14-8)5-11(6-13)3-4-18(16,17)7-11/h3-5,7H2,1-2H3. The van der Waals surface area contributed by atoms with Gasteiger partial charge >= 0.3 is 0 Å². The van der Waals surface area contributed by atoms with E-state index in [4.69, 9.17) is 11.6 Å². The van der Waals surface area contributed by atoms with Crippen molar-refractivity contribution in [1.29, 1.82) is 5.26 Å². The number of rotatable bonds is 2. The molecule has 1 aromatic rings. The van der Waals surface area contributed by atoms with Crippen molar-refractivity contribution in [2.75, 3.05) is 11.5 Å². The van der Waals surface area contributed by atoms with E-state index in [9.17, 15) is 13.7 Å². The minimum absolute atomic E-state index is 0.0784. The SMILES string of the molecule is Cc1nn(C)c(CC2(C#N)CCS(=O)(=O)C2)c1Cl. The summed E-state index contributed by atoms with van der Waals surface area (Å²) in [7, 11) is -1.35. The molecule has 18 heavy (non-hydrogen) atoms. The monoisotopic (exact) mass is 287 g/mol. The Balaban J connectivity index is 2.36. The summed E-state index contributed by atoms with van der Waals surface area (Å²) in [6.07, 6.45) is 0.700. The predicted octanol–water partition coefficient (Wildman–Crippen LogP) is 1.25. The van der Waals surface area contributed by atoms with Crippen molar-refractivity contribution in [1.82, 2.24) is 9.78 Å². The molecule has 1 aromatic heterocycles. The number of halogens is 1. The maximum atomic E-state index is 11.6. The average molecular weight is 288 g/mol. The van der Waals surface area contributed by atoms with Crippen LogP contribution in [-0.2, 0) is 23.3 Å². The van der Waals surface area contributed by atoms with Crippen LogP contribution < -0.4 is 0 Å². The molecular formula is C11H14ClN3O2S. The highest BCUT2D eigenvalue weighted by molar-refractivity contribution is 7.91. The molecule has 1 atom stereocenters. The van der Waals surface area contributed by atoms with E-state index in [0.717, 1.165) is 5.69 Å². The number of aromatic nitrogens is 2. The minimum atomic E-state index is -3.10. The van der Waals surface area contributed by atoms with Crippen molar-refractivity contribution in [3.63, 3.8) is 0 Å². The number of nitrogens with zero attached hydrogens (tertiary/aromatic N) is 3. The molecule has 0 aromatic carbocycles. The van der Waals surface area contributed by atoms with Gasteiger partial charge in [0.2, 0.25) is 0 Å². The van der Waals surface area contributed by atoms with E-state index >= 15 is 0 Å². The Kier molecular flexibility index (Phi) is 3.16. The lowest BCUT2D eigenvalue weighted by Crippen LogP contribution is -2.24. The maximum Gasteiger partial charge on any atom is 0.151 e. The van der Waals surface area contributed by atoms with Crippen molar-refractivity contribution >= 4 is 21.4 Å². The lowest BCUT2D eigenvalue weighted by molar-refractivity contribution is 0.435. The van der Waals surface area contributed by atoms with Crippen LogP contribution in [0.15, 0.2) is 0 Å². The van der Waals surface area contributed by atoms with Gasteiger partial charge in [0.25, 0.3) is 0 Å². The molecule has 7 heteroatoms. The summed E-state index contributed by atoms with van der Waals surface area (Å²) in [5.41, 5.74) is 0.568. The molecule has 2 heterocycles. The lowest BCUT2D eigenvalue weighted by Gasteiger charge is -2.18. The van der Waals surface area contributed by atoms with Gasteiger partial charge in [0.15, 0.2) is 9.84 Å². The number of hydrogen-bond acceptors (Lipinski definition) is 4. The minimum Gasteiger partial charge on any atom is -0.271 e. The number of hydrogen-bond donors (Lipinski definition) is 0. The summed E-state index contributed by atoms with van der Waals surface area (Å²) in [5.74, 6) is -0.00787. The molecule has 0 N–H and O–H groups in total. The second kappa shape index (κ2) is 4.25. The molecule has 0 saturated carbocycles. The Hall–Kier alpha value is -1.06. The van der Waals surface area contributed by atoms with Crippen LogP contribution >= 0.6 is 11.6 Å². The van der Waals surface area contributed by atoms with Crippen LogP contribution in [0.25, 0.3) is 0 Å². The normalized spacial score (nSPS) is 26.1. The zero-order valence-electron chi connectivity index (χ0n) is 10.3. The Bertz CT molecular complexity index is 629. The van der Waals surface area contributed by atoms with Crippen molar-refractivity contribution in [3.05, 3.63) is 16.4 Å². The Morgan fingerprint density at radius 1 is 1.61 bits per heavy atom. The van der Waals surface area contributed by atoms with Crippen LogP contribution in [0.1, 0.15) is 17.8 Å². The van der Waals surface area contributed by atoms with Gasteiger partial charge in [-0.1, -0.05) is 11.6 Å². The average Bonchev–Trinajstić information content (AvgIpc) is 2.72. The van der Waals surface area contributed by atoms with Crippen LogP contribution in [0.2, 0.25) is 5.02 Å². The van der Waals surface area contributed by atoms with Gasteiger partial charge in [-0.25, -0.2) is 8.42 Å². The molecule has 0 radical (unpaired) electrons. The summed E-state index contributed by atoms with van der Waals surface area (Å²) >= 11 is 6.14. The van der Waals surface area contributed by atoms with Crippen LogP contribution in [0.4, 0.5) is 0 Å². The number of sulfone groups is 1. The van der Waals surface area contributed by atoms with Gasteiger partial charge in [-0.2, -0.15) is 10.4 Å². The molecule has 1 aliphatic rings. The fourth-order valence-electron chi connectivity index (χ4n) is 2.38. The van der Waals surface area contributed by atoms with Crippen molar-refractivity contribution in [2.45, 2.75) is 19.8 Å². The summed E-state index contributed by atoms with van der Waals surface area (Å²) in [5, 5.41) is 14.0. The third-order valence-corrected chi connectivity index (χ3v) is 5.70. The molecule has 1 fully saturated rings. The first-order chi connectivity index (χ1) is 8.29. The second-order valence-electron chi connectivity index (χ2n) is 4.88. The molecule has 1 saturated heterocycles. The Morgan fingerprint density at radius 3 is 2.67 bits per heavy atom. The van der Waals surface area contributed by atoms with Crippen molar-refractivity contribution in [2.24, 2.45) is 12.5 Å². The molecule has 0 aliphatic carbocycles. The zero-order valence-corrected chi connectivity index (χ0v) is 11.8. The van der Waals surface area contributed by atoms with E-state index < -0.39 is 15.3 Å². The van der Waals surface area contributed by atoms with Gasteiger partial charge in [0, 0.05) is 13.5 Å². The van der Waals surface area contributed by atoms with Crippen molar-refractivity contribution in [3.8, 4) is 6.07 Å². The summed E-state index contributed by atoms with van der Waals surface area (Å²) in [6, 6.07) is 2.17. The van der Waals surface area contributed by atoms with Crippen LogP contribution in [0.3, 0.4) is 0 Å². The highest BCUT2D eigenvalue weighted by Crippen LogP contribution is 2.37. The van der Waals surface area contributed by atoms with Gasteiger partial charge in [0.05, 0.1) is 39.4 Å². The Morgan fingerprint density at radius 2 is 2.28 bits per heavy atom. The van der Waals surface area contributed by atoms with Crippen LogP contribution in [0, 0.1) is 23.7 Å². The van der Waals surface area contributed by atoms with Gasteiger partial charge in [-0.3, -0.25) is 4.68 Å². The van der Waals surface area contributed by atoms with Gasteiger partial charge in [-0.05, 0) is 13.3 Å². The van der Waals surface area contributed by atoms with Gasteiger partial charge in [-0.15, -0.1) is 0 Å². The molecule has 1 unspecified atom stereocenters. The fourth-order valence-corrected chi connectivity index (χ4v) is 4.60. The van der Waals surface area contributed by atoms with E-state index in [1.165, 1.54) is 0 Å². The topological polar surface area (TPSA) is 75.8 Å². The Labute approximate surface area is 111 Å². The van der Waals surface area contributed by atoms with E-state index in [1.54, 1.807) is 18.7 Å². The summed E-state index contributed by atoms with van der Waals surface area (Å²) in [4.78, 5) is 0. The van der Waals surface area contributed by atoms with E-state index in [-0.39, 0.29) is 11.5 Å². The highest BCUT2D eigenvalue weighted by Gasteiger charge is 2.43. The predicted molar refractivity (Wildman–Crippen MR) is 68.0 cm³/mol. The van der Waals surface area contributed by atoms with E-state index in [1.807, 2.05) is 0 Å². The third kappa shape index (κ3) is 2.25. The number of nitriles is 1. The van der Waals surface area contributed by atoms with Crippen LogP contribution in [-0.4, -0.2) is 29.7 Å². The molecule has 1 aliphatic heterocycles. The molecule has 5 nitrogen and oxygen atoms in total. The maximum absolute atomic E-state index is 11.6. The molecule has 0 spiro atoms. The highest BCUT2D eigenvalue weighted by atomic mass is 35.5. The first-order valence-corrected chi connectivity index (χ1v) is 7.78.